The molecule has 0 spiro atoms. The number of benzene rings is 1. The van der Waals surface area contributed by atoms with Gasteiger partial charge in [0.05, 0.1) is 12.1 Å². The molecule has 1 aliphatic heterocycles. The average molecular weight is 369 g/mol. The van der Waals surface area contributed by atoms with Gasteiger partial charge in [-0.15, -0.1) is 12.4 Å². The van der Waals surface area contributed by atoms with Gasteiger partial charge in [-0.3, -0.25) is 0 Å². The zero-order valence-corrected chi connectivity index (χ0v) is 15.3. The van der Waals surface area contributed by atoms with Gasteiger partial charge >= 0.3 is 0 Å². The summed E-state index contributed by atoms with van der Waals surface area (Å²) in [6.07, 6.45) is 0.633. The lowest BCUT2D eigenvalue weighted by Crippen LogP contribution is -2.53. The molecule has 0 saturated carbocycles. The van der Waals surface area contributed by atoms with Crippen molar-refractivity contribution in [2.75, 3.05) is 20.2 Å². The Morgan fingerprint density at radius 2 is 2.05 bits per heavy atom. The van der Waals surface area contributed by atoms with Gasteiger partial charge in [0.25, 0.3) is 0 Å². The molecular formula is C14H22Cl2N2O3S. The third-order valence-electron chi connectivity index (χ3n) is 4.03. The van der Waals surface area contributed by atoms with Crippen LogP contribution in [0.5, 0.6) is 5.75 Å². The second kappa shape index (κ2) is 6.93. The molecular weight excluding hydrogens is 347 g/mol. The van der Waals surface area contributed by atoms with Crippen LogP contribution in [-0.2, 0) is 10.0 Å². The van der Waals surface area contributed by atoms with E-state index in [9.17, 15) is 8.42 Å². The van der Waals surface area contributed by atoms with E-state index in [2.05, 4.69) is 0 Å². The second-order valence-electron chi connectivity index (χ2n) is 6.02. The van der Waals surface area contributed by atoms with Crippen LogP contribution in [0.1, 0.15) is 20.3 Å². The van der Waals surface area contributed by atoms with E-state index in [1.165, 1.54) is 23.5 Å². The van der Waals surface area contributed by atoms with Crippen molar-refractivity contribution < 1.29 is 13.2 Å². The summed E-state index contributed by atoms with van der Waals surface area (Å²) in [5.41, 5.74) is 5.80. The Kier molecular flexibility index (Phi) is 6.14. The summed E-state index contributed by atoms with van der Waals surface area (Å²) in [4.78, 5) is 0.0785. The Bertz CT molecular complexity index is 635. The molecule has 1 unspecified atom stereocenters. The van der Waals surface area contributed by atoms with Crippen molar-refractivity contribution in [2.24, 2.45) is 11.1 Å². The number of nitrogens with two attached hydrogens (primary N) is 1. The number of hydrogen-bond acceptors (Lipinski definition) is 4. The fraction of sp³-hybridized carbons (Fsp3) is 0.571. The van der Waals surface area contributed by atoms with Gasteiger partial charge < -0.3 is 10.5 Å². The number of halogens is 2. The second-order valence-corrected chi connectivity index (χ2v) is 8.33. The standard InChI is InChI=1S/C14H21ClN2O3S.ClH/c1-14(2)9-17(7-6-13(14)16)21(18,19)12-8-10(20-3)4-5-11(12)15;/h4-5,8,13H,6-7,9,16H2,1-3H3;1H. The van der Waals surface area contributed by atoms with Crippen LogP contribution in [0.3, 0.4) is 0 Å². The Balaban J connectivity index is 0.00000242. The SMILES string of the molecule is COc1ccc(Cl)c(S(=O)(=O)N2CCC(N)C(C)(C)C2)c1.Cl. The molecule has 0 bridgehead atoms. The molecule has 8 heteroatoms. The third-order valence-corrected chi connectivity index (χ3v) is 6.36. The summed E-state index contributed by atoms with van der Waals surface area (Å²) >= 11 is 6.07. The molecule has 1 aromatic rings. The first-order chi connectivity index (χ1) is 9.68. The summed E-state index contributed by atoms with van der Waals surface area (Å²) < 4.78 is 32.2. The maximum atomic E-state index is 12.8. The van der Waals surface area contributed by atoms with Gasteiger partial charge in [-0.05, 0) is 24.0 Å². The van der Waals surface area contributed by atoms with E-state index in [0.29, 0.717) is 25.3 Å². The van der Waals surface area contributed by atoms with E-state index >= 15 is 0 Å². The van der Waals surface area contributed by atoms with Crippen molar-refractivity contribution in [3.8, 4) is 5.75 Å². The maximum absolute atomic E-state index is 12.8. The van der Waals surface area contributed by atoms with Crippen molar-refractivity contribution >= 4 is 34.0 Å². The number of piperidine rings is 1. The highest BCUT2D eigenvalue weighted by Crippen LogP contribution is 2.34. The van der Waals surface area contributed by atoms with Crippen LogP contribution in [-0.4, -0.2) is 39.0 Å². The minimum absolute atomic E-state index is 0. The molecule has 1 aromatic carbocycles. The van der Waals surface area contributed by atoms with Gasteiger partial charge in [0.1, 0.15) is 10.6 Å². The molecule has 2 rings (SSSR count). The average Bonchev–Trinajstić information content (AvgIpc) is 2.42. The lowest BCUT2D eigenvalue weighted by atomic mass is 9.81. The van der Waals surface area contributed by atoms with Gasteiger partial charge in [-0.1, -0.05) is 25.4 Å². The first-order valence-electron chi connectivity index (χ1n) is 6.78. The summed E-state index contributed by atoms with van der Waals surface area (Å²) in [5, 5.41) is 0.198. The summed E-state index contributed by atoms with van der Waals surface area (Å²) in [6.45, 7) is 4.74. The zero-order chi connectivity index (χ0) is 15.8. The predicted octanol–water partition coefficient (Wildman–Crippen LogP) is 2.52. The molecule has 0 aliphatic carbocycles. The lowest BCUT2D eigenvalue weighted by molar-refractivity contribution is 0.155. The molecule has 1 saturated heterocycles. The molecule has 1 atom stereocenters. The summed E-state index contributed by atoms with van der Waals surface area (Å²) in [5.74, 6) is 0.464. The Morgan fingerprint density at radius 3 is 2.59 bits per heavy atom. The van der Waals surface area contributed by atoms with Gasteiger partial charge in [0.2, 0.25) is 10.0 Å². The predicted molar refractivity (Wildman–Crippen MR) is 90.4 cm³/mol. The lowest BCUT2D eigenvalue weighted by Gasteiger charge is -2.41. The molecule has 126 valence electrons. The number of methoxy groups -OCH3 is 1. The Labute approximate surface area is 143 Å². The Morgan fingerprint density at radius 1 is 1.41 bits per heavy atom. The third kappa shape index (κ3) is 3.68. The first kappa shape index (κ1) is 19.5. The molecule has 22 heavy (non-hydrogen) atoms. The van der Waals surface area contributed by atoms with E-state index in [1.807, 2.05) is 13.8 Å². The topological polar surface area (TPSA) is 72.6 Å². The number of hydrogen-bond donors (Lipinski definition) is 1. The highest BCUT2D eigenvalue weighted by molar-refractivity contribution is 7.89. The summed E-state index contributed by atoms with van der Waals surface area (Å²) in [7, 11) is -2.17. The van der Waals surface area contributed by atoms with Crippen LogP contribution in [0.2, 0.25) is 5.02 Å². The van der Waals surface area contributed by atoms with Crippen molar-refractivity contribution in [3.05, 3.63) is 23.2 Å². The van der Waals surface area contributed by atoms with Crippen molar-refractivity contribution in [3.63, 3.8) is 0 Å². The molecule has 0 radical (unpaired) electrons. The van der Waals surface area contributed by atoms with Gasteiger partial charge in [0.15, 0.2) is 0 Å². The monoisotopic (exact) mass is 368 g/mol. The van der Waals surface area contributed by atoms with Crippen molar-refractivity contribution in [2.45, 2.75) is 31.2 Å². The molecule has 0 aromatic heterocycles. The molecule has 1 fully saturated rings. The van der Waals surface area contributed by atoms with Gasteiger partial charge in [0, 0.05) is 25.2 Å². The van der Waals surface area contributed by atoms with Crippen LogP contribution >= 0.6 is 24.0 Å². The zero-order valence-electron chi connectivity index (χ0n) is 12.9. The minimum Gasteiger partial charge on any atom is -0.497 e. The minimum atomic E-state index is -3.65. The normalized spacial score (nSPS) is 22.0. The first-order valence-corrected chi connectivity index (χ1v) is 8.59. The van der Waals surface area contributed by atoms with Crippen LogP contribution < -0.4 is 10.5 Å². The number of nitrogens with zero attached hydrogens (tertiary/aromatic N) is 1. The highest BCUT2D eigenvalue weighted by atomic mass is 35.5. The molecule has 2 N–H and O–H groups in total. The van der Waals surface area contributed by atoms with Crippen molar-refractivity contribution in [1.82, 2.24) is 4.31 Å². The van der Waals surface area contributed by atoms with E-state index in [1.54, 1.807) is 6.07 Å². The van der Waals surface area contributed by atoms with E-state index in [4.69, 9.17) is 22.1 Å². The molecule has 0 amide bonds. The summed E-state index contributed by atoms with van der Waals surface area (Å²) in [6, 6.07) is 4.62. The number of sulfonamides is 1. The quantitative estimate of drug-likeness (QED) is 0.889. The number of ether oxygens (including phenoxy) is 1. The van der Waals surface area contributed by atoms with Gasteiger partial charge in [-0.2, -0.15) is 4.31 Å². The fourth-order valence-corrected chi connectivity index (χ4v) is 4.59. The van der Waals surface area contributed by atoms with Gasteiger partial charge in [-0.25, -0.2) is 8.42 Å². The van der Waals surface area contributed by atoms with Crippen molar-refractivity contribution in [1.29, 1.82) is 0 Å². The smallest absolute Gasteiger partial charge is 0.244 e. The fourth-order valence-electron chi connectivity index (χ4n) is 2.48. The maximum Gasteiger partial charge on any atom is 0.244 e. The Hall–Kier alpha value is -0.530. The van der Waals surface area contributed by atoms with E-state index in [0.717, 1.165) is 0 Å². The van der Waals surface area contributed by atoms with E-state index < -0.39 is 10.0 Å². The van der Waals surface area contributed by atoms with Crippen LogP contribution in [0.15, 0.2) is 23.1 Å². The number of rotatable bonds is 3. The molecule has 5 nitrogen and oxygen atoms in total. The van der Waals surface area contributed by atoms with E-state index in [-0.39, 0.29) is 33.8 Å². The van der Waals surface area contributed by atoms with Crippen LogP contribution in [0.4, 0.5) is 0 Å². The largest absolute Gasteiger partial charge is 0.497 e. The molecule has 1 aliphatic rings. The van der Waals surface area contributed by atoms with Crippen LogP contribution in [0, 0.1) is 5.41 Å². The molecule has 1 heterocycles. The highest BCUT2D eigenvalue weighted by Gasteiger charge is 2.39. The van der Waals surface area contributed by atoms with Crippen LogP contribution in [0.25, 0.3) is 0 Å².